The van der Waals surface area contributed by atoms with Crippen molar-refractivity contribution in [3.8, 4) is 11.3 Å². The molecular weight excluding hydrogens is 402 g/mol. The zero-order valence-electron chi connectivity index (χ0n) is 19.1. The van der Waals surface area contributed by atoms with Crippen molar-refractivity contribution >= 4 is 17.3 Å². The van der Waals surface area contributed by atoms with Crippen LogP contribution in [0.3, 0.4) is 0 Å². The summed E-state index contributed by atoms with van der Waals surface area (Å²) in [5.41, 5.74) is 3.98. The standard InChI is InChI=1S/C27H35NO2S/c1-4-5-6-7-10-22-13-15-23(16-14-22)25-12-9-20-28(25)19-8-11-24-17-18-26(31-24)27(29)30-21(2)3/h9,12-18,20-21H,4-8,10-11,19H2,1-3H3. The SMILES string of the molecule is CCCCCCc1ccc(-c2cccn2CCCc2ccc(C(=O)OC(C)C)s2)cc1. The maximum absolute atomic E-state index is 12.0. The van der Waals surface area contributed by atoms with Gasteiger partial charge in [0.2, 0.25) is 0 Å². The van der Waals surface area contributed by atoms with Gasteiger partial charge < -0.3 is 9.30 Å². The number of ether oxygens (including phenoxy) is 1. The largest absolute Gasteiger partial charge is 0.459 e. The molecule has 2 heterocycles. The second kappa shape index (κ2) is 11.9. The minimum atomic E-state index is -0.215. The van der Waals surface area contributed by atoms with Gasteiger partial charge in [0.1, 0.15) is 4.88 Å². The number of aryl methyl sites for hydroxylation is 3. The fourth-order valence-electron chi connectivity index (χ4n) is 3.79. The van der Waals surface area contributed by atoms with E-state index in [2.05, 4.69) is 60.2 Å². The molecule has 0 bridgehead atoms. The Labute approximate surface area is 191 Å². The monoisotopic (exact) mass is 437 g/mol. The Balaban J connectivity index is 1.52. The fraction of sp³-hybridized carbons (Fsp3) is 0.444. The second-order valence-corrected chi connectivity index (χ2v) is 9.59. The van der Waals surface area contributed by atoms with Gasteiger partial charge in [0.25, 0.3) is 0 Å². The Morgan fingerprint density at radius 1 is 0.968 bits per heavy atom. The van der Waals surface area contributed by atoms with Crippen molar-refractivity contribution in [1.29, 1.82) is 0 Å². The maximum Gasteiger partial charge on any atom is 0.348 e. The van der Waals surface area contributed by atoms with Crippen LogP contribution in [0.4, 0.5) is 0 Å². The number of carbonyl (C=O) groups excluding carboxylic acids is 1. The van der Waals surface area contributed by atoms with Crippen LogP contribution in [0.15, 0.2) is 54.7 Å². The lowest BCUT2D eigenvalue weighted by Crippen LogP contribution is -2.09. The molecule has 0 aliphatic carbocycles. The zero-order chi connectivity index (χ0) is 22.1. The highest BCUT2D eigenvalue weighted by Crippen LogP contribution is 2.23. The number of unbranched alkanes of at least 4 members (excludes halogenated alkanes) is 3. The Morgan fingerprint density at radius 2 is 1.77 bits per heavy atom. The van der Waals surface area contributed by atoms with E-state index in [0.29, 0.717) is 4.88 Å². The maximum atomic E-state index is 12.0. The third-order valence-corrected chi connectivity index (χ3v) is 6.55. The highest BCUT2D eigenvalue weighted by Gasteiger charge is 2.12. The number of aromatic nitrogens is 1. The summed E-state index contributed by atoms with van der Waals surface area (Å²) in [6.07, 6.45) is 10.5. The molecule has 0 spiro atoms. The number of hydrogen-bond acceptors (Lipinski definition) is 3. The number of rotatable bonds is 12. The van der Waals surface area contributed by atoms with Crippen molar-refractivity contribution in [1.82, 2.24) is 4.57 Å². The molecule has 2 aromatic heterocycles. The molecule has 0 aliphatic rings. The van der Waals surface area contributed by atoms with Gasteiger partial charge in [0.15, 0.2) is 0 Å². The first-order valence-corrected chi connectivity index (χ1v) is 12.4. The quantitative estimate of drug-likeness (QED) is 0.216. The van der Waals surface area contributed by atoms with E-state index in [0.717, 1.165) is 19.4 Å². The van der Waals surface area contributed by atoms with Gasteiger partial charge >= 0.3 is 5.97 Å². The van der Waals surface area contributed by atoms with Crippen molar-refractivity contribution in [3.05, 3.63) is 70.0 Å². The van der Waals surface area contributed by atoms with E-state index in [4.69, 9.17) is 4.74 Å². The summed E-state index contributed by atoms with van der Waals surface area (Å²) in [5.74, 6) is -0.215. The molecule has 1 aromatic carbocycles. The van der Waals surface area contributed by atoms with E-state index in [-0.39, 0.29) is 12.1 Å². The Morgan fingerprint density at radius 3 is 2.52 bits per heavy atom. The van der Waals surface area contributed by atoms with Crippen molar-refractivity contribution in [2.45, 2.75) is 78.4 Å². The predicted molar refractivity (Wildman–Crippen MR) is 131 cm³/mol. The molecule has 3 rings (SSSR count). The van der Waals surface area contributed by atoms with Crippen LogP contribution in [0.2, 0.25) is 0 Å². The van der Waals surface area contributed by atoms with E-state index in [1.807, 2.05) is 19.9 Å². The summed E-state index contributed by atoms with van der Waals surface area (Å²) < 4.78 is 7.62. The Bertz CT molecular complexity index is 936. The average molecular weight is 438 g/mol. The predicted octanol–water partition coefficient (Wildman–Crippen LogP) is 7.54. The molecule has 3 nitrogen and oxygen atoms in total. The molecule has 0 aliphatic heterocycles. The van der Waals surface area contributed by atoms with Gasteiger partial charge in [0.05, 0.1) is 6.10 Å². The molecule has 31 heavy (non-hydrogen) atoms. The van der Waals surface area contributed by atoms with Crippen LogP contribution in [0.1, 0.15) is 73.0 Å². The summed E-state index contributed by atoms with van der Waals surface area (Å²) in [4.78, 5) is 14.0. The Kier molecular flexibility index (Phi) is 8.96. The molecular formula is C27H35NO2S. The van der Waals surface area contributed by atoms with Crippen molar-refractivity contribution in [2.24, 2.45) is 0 Å². The summed E-state index contributed by atoms with van der Waals surface area (Å²) in [6.45, 7) is 6.97. The number of benzene rings is 1. The van der Waals surface area contributed by atoms with E-state index in [1.54, 1.807) is 11.3 Å². The Hall–Kier alpha value is -2.33. The highest BCUT2D eigenvalue weighted by atomic mass is 32.1. The van der Waals surface area contributed by atoms with E-state index >= 15 is 0 Å². The molecule has 3 aromatic rings. The zero-order valence-corrected chi connectivity index (χ0v) is 19.9. The van der Waals surface area contributed by atoms with Gasteiger partial charge in [0, 0.05) is 23.3 Å². The van der Waals surface area contributed by atoms with Gasteiger partial charge in [-0.3, -0.25) is 0 Å². The average Bonchev–Trinajstić information content (AvgIpc) is 3.41. The minimum Gasteiger partial charge on any atom is -0.459 e. The lowest BCUT2D eigenvalue weighted by atomic mass is 10.0. The van der Waals surface area contributed by atoms with Gasteiger partial charge in [-0.25, -0.2) is 4.79 Å². The number of carbonyl (C=O) groups is 1. The van der Waals surface area contributed by atoms with Crippen LogP contribution < -0.4 is 0 Å². The third kappa shape index (κ3) is 7.10. The summed E-state index contributed by atoms with van der Waals surface area (Å²) >= 11 is 1.55. The second-order valence-electron chi connectivity index (χ2n) is 8.42. The van der Waals surface area contributed by atoms with Crippen LogP contribution in [-0.4, -0.2) is 16.6 Å². The van der Waals surface area contributed by atoms with Crippen LogP contribution in [-0.2, 0) is 24.1 Å². The van der Waals surface area contributed by atoms with Gasteiger partial charge in [-0.05, 0) is 74.9 Å². The van der Waals surface area contributed by atoms with Gasteiger partial charge in [-0.15, -0.1) is 11.3 Å². The summed E-state index contributed by atoms with van der Waals surface area (Å²) in [6, 6.07) is 17.3. The highest BCUT2D eigenvalue weighted by molar-refractivity contribution is 7.13. The minimum absolute atomic E-state index is 0.0830. The number of esters is 1. The summed E-state index contributed by atoms with van der Waals surface area (Å²) in [5, 5.41) is 0. The van der Waals surface area contributed by atoms with Crippen LogP contribution in [0.5, 0.6) is 0 Å². The lowest BCUT2D eigenvalue weighted by molar-refractivity contribution is 0.0384. The number of nitrogens with zero attached hydrogens (tertiary/aromatic N) is 1. The molecule has 4 heteroatoms. The molecule has 0 amide bonds. The molecule has 0 atom stereocenters. The third-order valence-electron chi connectivity index (χ3n) is 5.43. The first-order chi connectivity index (χ1) is 15.1. The van der Waals surface area contributed by atoms with Gasteiger partial charge in [-0.1, -0.05) is 50.5 Å². The van der Waals surface area contributed by atoms with E-state index in [9.17, 15) is 4.79 Å². The number of thiophene rings is 1. The number of hydrogen-bond donors (Lipinski definition) is 0. The molecule has 0 unspecified atom stereocenters. The fourth-order valence-corrected chi connectivity index (χ4v) is 4.72. The molecule has 0 fully saturated rings. The van der Waals surface area contributed by atoms with Crippen LogP contribution in [0.25, 0.3) is 11.3 Å². The van der Waals surface area contributed by atoms with Gasteiger partial charge in [-0.2, -0.15) is 0 Å². The molecule has 166 valence electrons. The molecule has 0 saturated heterocycles. The van der Waals surface area contributed by atoms with Crippen LogP contribution in [0, 0.1) is 0 Å². The lowest BCUT2D eigenvalue weighted by Gasteiger charge is -2.10. The summed E-state index contributed by atoms with van der Waals surface area (Å²) in [7, 11) is 0. The van der Waals surface area contributed by atoms with Crippen molar-refractivity contribution in [2.75, 3.05) is 0 Å². The van der Waals surface area contributed by atoms with E-state index in [1.165, 1.54) is 53.8 Å². The smallest absolute Gasteiger partial charge is 0.348 e. The molecule has 0 saturated carbocycles. The van der Waals surface area contributed by atoms with Crippen molar-refractivity contribution < 1.29 is 9.53 Å². The van der Waals surface area contributed by atoms with Crippen LogP contribution >= 0.6 is 11.3 Å². The van der Waals surface area contributed by atoms with Crippen molar-refractivity contribution in [3.63, 3.8) is 0 Å². The topological polar surface area (TPSA) is 31.2 Å². The van der Waals surface area contributed by atoms with E-state index < -0.39 is 0 Å². The first-order valence-electron chi connectivity index (χ1n) is 11.6. The molecule has 0 radical (unpaired) electrons. The normalized spacial score (nSPS) is 11.2. The molecule has 0 N–H and O–H groups in total. The first kappa shape index (κ1) is 23.3.